The van der Waals surface area contributed by atoms with E-state index in [1.54, 1.807) is 24.3 Å². The van der Waals surface area contributed by atoms with E-state index < -0.39 is 4.92 Å². The minimum Gasteiger partial charge on any atom is -0.271 e. The summed E-state index contributed by atoms with van der Waals surface area (Å²) < 4.78 is 0. The Morgan fingerprint density at radius 1 is 1.33 bits per heavy atom. The summed E-state index contributed by atoms with van der Waals surface area (Å²) in [7, 11) is 0. The van der Waals surface area contributed by atoms with Gasteiger partial charge < -0.3 is 0 Å². The molecular formula is C9H6ClN3O2. The molecule has 1 N–H and O–H groups in total. The topological polar surface area (TPSA) is 71.8 Å². The van der Waals surface area contributed by atoms with E-state index in [1.807, 2.05) is 0 Å². The molecule has 0 aliphatic carbocycles. The van der Waals surface area contributed by atoms with E-state index in [2.05, 4.69) is 10.2 Å². The number of nitrogens with one attached hydrogen (secondary N) is 1. The molecule has 0 saturated heterocycles. The maximum Gasteiger partial charge on any atom is 0.314 e. The van der Waals surface area contributed by atoms with E-state index in [-0.39, 0.29) is 5.69 Å². The molecule has 0 aliphatic heterocycles. The van der Waals surface area contributed by atoms with Gasteiger partial charge in [-0.05, 0) is 12.1 Å². The lowest BCUT2D eigenvalue weighted by Gasteiger charge is -1.97. The SMILES string of the molecule is O=[N+]([O-])c1cn[nH]c1-c1ccc(Cl)cc1. The lowest BCUT2D eigenvalue weighted by molar-refractivity contribution is -0.384. The van der Waals surface area contributed by atoms with Crippen LogP contribution in [0.4, 0.5) is 5.69 Å². The number of rotatable bonds is 2. The predicted molar refractivity (Wildman–Crippen MR) is 55.7 cm³/mol. The Morgan fingerprint density at radius 3 is 2.60 bits per heavy atom. The Kier molecular flexibility index (Phi) is 2.39. The molecule has 2 aromatic rings. The number of hydrogen-bond donors (Lipinski definition) is 1. The van der Waals surface area contributed by atoms with Crippen LogP contribution in [0.1, 0.15) is 0 Å². The standard InChI is InChI=1S/C9H6ClN3O2/c10-7-3-1-6(2-4-7)9-8(13(14)15)5-11-12-9/h1-5H,(H,11,12). The van der Waals surface area contributed by atoms with Crippen LogP contribution in [0.5, 0.6) is 0 Å². The number of aromatic amines is 1. The van der Waals surface area contributed by atoms with Gasteiger partial charge in [0.1, 0.15) is 11.9 Å². The number of aromatic nitrogens is 2. The second-order valence-electron chi connectivity index (χ2n) is 2.89. The van der Waals surface area contributed by atoms with Gasteiger partial charge in [-0.2, -0.15) is 5.10 Å². The zero-order valence-electron chi connectivity index (χ0n) is 7.48. The minimum absolute atomic E-state index is 0.0441. The van der Waals surface area contributed by atoms with E-state index in [9.17, 15) is 10.1 Å². The summed E-state index contributed by atoms with van der Waals surface area (Å²) in [6.45, 7) is 0. The first-order valence-corrected chi connectivity index (χ1v) is 4.50. The highest BCUT2D eigenvalue weighted by atomic mass is 35.5. The predicted octanol–water partition coefficient (Wildman–Crippen LogP) is 2.64. The summed E-state index contributed by atoms with van der Waals surface area (Å²) in [4.78, 5) is 10.2. The molecular weight excluding hydrogens is 218 g/mol. The normalized spacial score (nSPS) is 10.2. The maximum atomic E-state index is 10.6. The lowest BCUT2D eigenvalue weighted by atomic mass is 10.1. The van der Waals surface area contributed by atoms with Crippen LogP contribution in [0.2, 0.25) is 5.02 Å². The maximum absolute atomic E-state index is 10.6. The molecule has 0 unspecified atom stereocenters. The van der Waals surface area contributed by atoms with E-state index in [0.29, 0.717) is 16.3 Å². The molecule has 76 valence electrons. The highest BCUT2D eigenvalue weighted by Gasteiger charge is 2.17. The minimum atomic E-state index is -0.479. The molecule has 0 amide bonds. The van der Waals surface area contributed by atoms with Gasteiger partial charge in [0.25, 0.3) is 0 Å². The van der Waals surface area contributed by atoms with E-state index in [1.165, 1.54) is 6.20 Å². The molecule has 0 saturated carbocycles. The molecule has 6 heteroatoms. The van der Waals surface area contributed by atoms with Gasteiger partial charge in [0.05, 0.1) is 4.92 Å². The van der Waals surface area contributed by atoms with Crippen molar-refractivity contribution in [1.29, 1.82) is 0 Å². The van der Waals surface area contributed by atoms with Gasteiger partial charge in [-0.1, -0.05) is 23.7 Å². The van der Waals surface area contributed by atoms with Gasteiger partial charge in [0, 0.05) is 10.6 Å². The van der Waals surface area contributed by atoms with E-state index >= 15 is 0 Å². The van der Waals surface area contributed by atoms with Crippen LogP contribution < -0.4 is 0 Å². The van der Waals surface area contributed by atoms with Crippen molar-refractivity contribution >= 4 is 17.3 Å². The molecule has 1 aromatic heterocycles. The van der Waals surface area contributed by atoms with E-state index in [4.69, 9.17) is 11.6 Å². The highest BCUT2D eigenvalue weighted by molar-refractivity contribution is 6.30. The van der Waals surface area contributed by atoms with Crippen LogP contribution in [0.25, 0.3) is 11.3 Å². The Hall–Kier alpha value is -1.88. The van der Waals surface area contributed by atoms with Gasteiger partial charge >= 0.3 is 5.69 Å². The summed E-state index contributed by atoms with van der Waals surface area (Å²) in [6, 6.07) is 6.73. The summed E-state index contributed by atoms with van der Waals surface area (Å²) >= 11 is 5.72. The van der Waals surface area contributed by atoms with Crippen LogP contribution in [0.3, 0.4) is 0 Å². The number of halogens is 1. The highest BCUT2D eigenvalue weighted by Crippen LogP contribution is 2.27. The number of nitro groups is 1. The molecule has 0 atom stereocenters. The first kappa shape index (κ1) is 9.67. The van der Waals surface area contributed by atoms with Crippen LogP contribution in [0.15, 0.2) is 30.5 Å². The fourth-order valence-corrected chi connectivity index (χ4v) is 1.37. The second-order valence-corrected chi connectivity index (χ2v) is 3.33. The molecule has 0 fully saturated rings. The molecule has 5 nitrogen and oxygen atoms in total. The molecule has 0 aliphatic rings. The Bertz CT molecular complexity index is 492. The molecule has 15 heavy (non-hydrogen) atoms. The third kappa shape index (κ3) is 1.82. The van der Waals surface area contributed by atoms with Crippen LogP contribution in [-0.4, -0.2) is 15.1 Å². The third-order valence-electron chi connectivity index (χ3n) is 1.95. The molecule has 0 radical (unpaired) electrons. The van der Waals surface area contributed by atoms with Crippen LogP contribution >= 0.6 is 11.6 Å². The zero-order chi connectivity index (χ0) is 10.8. The van der Waals surface area contributed by atoms with Gasteiger partial charge in [-0.25, -0.2) is 0 Å². The Balaban J connectivity index is 2.49. The average molecular weight is 224 g/mol. The monoisotopic (exact) mass is 223 g/mol. The van der Waals surface area contributed by atoms with Crippen LogP contribution in [-0.2, 0) is 0 Å². The second kappa shape index (κ2) is 3.70. The average Bonchev–Trinajstić information content (AvgIpc) is 2.67. The summed E-state index contributed by atoms with van der Waals surface area (Å²) in [6.07, 6.45) is 1.18. The van der Waals surface area contributed by atoms with Crippen molar-refractivity contribution in [3.8, 4) is 11.3 Å². The van der Waals surface area contributed by atoms with Gasteiger partial charge in [-0.15, -0.1) is 0 Å². The number of H-pyrrole nitrogens is 1. The van der Waals surface area contributed by atoms with Crippen molar-refractivity contribution in [2.24, 2.45) is 0 Å². The van der Waals surface area contributed by atoms with Gasteiger partial charge in [-0.3, -0.25) is 15.2 Å². The quantitative estimate of drug-likeness (QED) is 0.628. The first-order valence-electron chi connectivity index (χ1n) is 4.12. The lowest BCUT2D eigenvalue weighted by Crippen LogP contribution is -1.88. The Morgan fingerprint density at radius 2 is 2.00 bits per heavy atom. The van der Waals surface area contributed by atoms with Crippen LogP contribution in [0, 0.1) is 10.1 Å². The fraction of sp³-hybridized carbons (Fsp3) is 0. The summed E-state index contributed by atoms with van der Waals surface area (Å²) in [5, 5.41) is 17.5. The van der Waals surface area contributed by atoms with Crippen molar-refractivity contribution in [3.05, 3.63) is 45.6 Å². The Labute approximate surface area is 89.8 Å². The van der Waals surface area contributed by atoms with Crippen molar-refractivity contribution < 1.29 is 4.92 Å². The summed E-state index contributed by atoms with van der Waals surface area (Å²) in [5.41, 5.74) is 1.03. The molecule has 1 heterocycles. The van der Waals surface area contributed by atoms with E-state index in [0.717, 1.165) is 0 Å². The van der Waals surface area contributed by atoms with Crippen molar-refractivity contribution in [3.63, 3.8) is 0 Å². The van der Waals surface area contributed by atoms with Crippen molar-refractivity contribution in [2.45, 2.75) is 0 Å². The smallest absolute Gasteiger partial charge is 0.271 e. The number of nitrogens with zero attached hydrogens (tertiary/aromatic N) is 2. The number of benzene rings is 1. The third-order valence-corrected chi connectivity index (χ3v) is 2.20. The van der Waals surface area contributed by atoms with Gasteiger partial charge in [0.15, 0.2) is 0 Å². The largest absolute Gasteiger partial charge is 0.314 e. The summed E-state index contributed by atoms with van der Waals surface area (Å²) in [5.74, 6) is 0. The first-order chi connectivity index (χ1) is 7.18. The fourth-order valence-electron chi connectivity index (χ4n) is 1.25. The van der Waals surface area contributed by atoms with Crippen molar-refractivity contribution in [2.75, 3.05) is 0 Å². The molecule has 0 bridgehead atoms. The van der Waals surface area contributed by atoms with Gasteiger partial charge in [0.2, 0.25) is 0 Å². The van der Waals surface area contributed by atoms with Crippen molar-refractivity contribution in [1.82, 2.24) is 10.2 Å². The molecule has 2 rings (SSSR count). The zero-order valence-corrected chi connectivity index (χ0v) is 8.23. The molecule has 1 aromatic carbocycles. The number of hydrogen-bond acceptors (Lipinski definition) is 3. The molecule has 0 spiro atoms.